The third-order valence-electron chi connectivity index (χ3n) is 2.09. The number of hydrogen-bond acceptors (Lipinski definition) is 3. The Morgan fingerprint density at radius 2 is 1.94 bits per heavy atom. The second-order valence-corrected chi connectivity index (χ2v) is 3.78. The molecule has 17 heavy (non-hydrogen) atoms. The van der Waals surface area contributed by atoms with Crippen LogP contribution in [-0.2, 0) is 9.53 Å². The van der Waals surface area contributed by atoms with Crippen molar-refractivity contribution in [1.82, 2.24) is 0 Å². The lowest BCUT2D eigenvalue weighted by atomic mass is 10.1. The Labute approximate surface area is 107 Å². The molecule has 0 saturated heterocycles. The van der Waals surface area contributed by atoms with Gasteiger partial charge in [-0.2, -0.15) is 0 Å². The minimum Gasteiger partial charge on any atom is -0.478 e. The molecule has 0 fully saturated rings. The van der Waals surface area contributed by atoms with Gasteiger partial charge in [-0.3, -0.25) is 0 Å². The Morgan fingerprint density at radius 1 is 1.35 bits per heavy atom. The predicted molar refractivity (Wildman–Crippen MR) is 67.2 cm³/mol. The lowest BCUT2D eigenvalue weighted by Gasteiger charge is -2.01. The zero-order valence-electron chi connectivity index (χ0n) is 9.14. The number of halogens is 1. The van der Waals surface area contributed by atoms with Crippen LogP contribution >= 0.6 is 15.9 Å². The number of rotatable bonds is 4. The molecule has 0 unspecified atom stereocenters. The van der Waals surface area contributed by atoms with Gasteiger partial charge in [0.1, 0.15) is 0 Å². The molecule has 1 aromatic carbocycles. The Balaban J connectivity index is 2.95. The summed E-state index contributed by atoms with van der Waals surface area (Å²) >= 11 is 3.10. The van der Waals surface area contributed by atoms with Crippen LogP contribution in [0.3, 0.4) is 0 Å². The molecule has 1 aromatic rings. The first-order valence-corrected chi connectivity index (χ1v) is 5.89. The topological polar surface area (TPSA) is 63.6 Å². The fourth-order valence-corrected chi connectivity index (χ4v) is 1.59. The summed E-state index contributed by atoms with van der Waals surface area (Å²) in [6.45, 7) is 0. The molecule has 0 bridgehead atoms. The van der Waals surface area contributed by atoms with Crippen LogP contribution in [0.2, 0.25) is 0 Å². The lowest BCUT2D eigenvalue weighted by Crippen LogP contribution is -2.02. The first-order valence-electron chi connectivity index (χ1n) is 4.76. The third kappa shape index (κ3) is 3.71. The van der Waals surface area contributed by atoms with Gasteiger partial charge in [0, 0.05) is 10.9 Å². The molecule has 0 aromatic heterocycles. The minimum atomic E-state index is -0.973. The summed E-state index contributed by atoms with van der Waals surface area (Å²) in [5.41, 5.74) is 1.39. The molecule has 0 heterocycles. The van der Waals surface area contributed by atoms with E-state index in [4.69, 9.17) is 5.11 Å². The Bertz CT molecular complexity index is 448. The molecule has 0 aliphatic carbocycles. The van der Waals surface area contributed by atoms with Gasteiger partial charge in [0.2, 0.25) is 0 Å². The van der Waals surface area contributed by atoms with Gasteiger partial charge in [-0.25, -0.2) is 9.59 Å². The number of hydrogen-bond donors (Lipinski definition) is 1. The van der Waals surface area contributed by atoms with Crippen molar-refractivity contribution < 1.29 is 19.4 Å². The number of benzene rings is 1. The molecule has 0 aliphatic rings. The van der Waals surface area contributed by atoms with E-state index < -0.39 is 11.9 Å². The summed E-state index contributed by atoms with van der Waals surface area (Å²) in [6, 6.07) is 6.51. The van der Waals surface area contributed by atoms with Crippen LogP contribution in [0.15, 0.2) is 29.8 Å². The highest BCUT2D eigenvalue weighted by molar-refractivity contribution is 9.09. The van der Waals surface area contributed by atoms with E-state index in [-0.39, 0.29) is 10.9 Å². The van der Waals surface area contributed by atoms with E-state index in [1.54, 1.807) is 24.3 Å². The zero-order chi connectivity index (χ0) is 12.8. The third-order valence-corrected chi connectivity index (χ3v) is 2.70. The van der Waals surface area contributed by atoms with E-state index in [2.05, 4.69) is 20.7 Å². The van der Waals surface area contributed by atoms with Crippen LogP contribution in [-0.4, -0.2) is 29.5 Å². The molecule has 0 spiro atoms. The number of alkyl halides is 1. The minimum absolute atomic E-state index is 0.246. The van der Waals surface area contributed by atoms with Crippen LogP contribution in [0, 0.1) is 0 Å². The molecule has 1 rings (SSSR count). The summed E-state index contributed by atoms with van der Waals surface area (Å²) in [7, 11) is 1.31. The summed E-state index contributed by atoms with van der Waals surface area (Å²) in [4.78, 5) is 22.0. The van der Waals surface area contributed by atoms with E-state index in [0.29, 0.717) is 5.56 Å². The van der Waals surface area contributed by atoms with Gasteiger partial charge >= 0.3 is 11.9 Å². The van der Waals surface area contributed by atoms with Crippen LogP contribution in [0.25, 0.3) is 6.08 Å². The SMILES string of the molecule is COC(=O)c1ccc(/C=C(\CBr)C(=O)O)cc1. The van der Waals surface area contributed by atoms with Gasteiger partial charge in [-0.05, 0) is 23.8 Å². The fraction of sp³-hybridized carbons (Fsp3) is 0.167. The Hall–Kier alpha value is -1.62. The maximum atomic E-state index is 11.2. The number of aliphatic carboxylic acids is 1. The number of carbonyl (C=O) groups is 2. The number of carboxylic acid groups (broad SMARTS) is 1. The second-order valence-electron chi connectivity index (χ2n) is 3.22. The maximum absolute atomic E-state index is 11.2. The van der Waals surface area contributed by atoms with Crippen LogP contribution in [0.1, 0.15) is 15.9 Å². The number of carbonyl (C=O) groups excluding carboxylic acids is 1. The second kappa shape index (κ2) is 6.20. The number of ether oxygens (including phenoxy) is 1. The number of esters is 1. The normalized spacial score (nSPS) is 11.1. The van der Waals surface area contributed by atoms with Gasteiger partial charge in [-0.1, -0.05) is 28.1 Å². The van der Waals surface area contributed by atoms with E-state index in [0.717, 1.165) is 5.56 Å². The highest BCUT2D eigenvalue weighted by atomic mass is 79.9. The molecule has 1 N–H and O–H groups in total. The van der Waals surface area contributed by atoms with Gasteiger partial charge in [-0.15, -0.1) is 0 Å². The van der Waals surface area contributed by atoms with Crippen molar-refractivity contribution in [1.29, 1.82) is 0 Å². The fourth-order valence-electron chi connectivity index (χ4n) is 1.19. The molecule has 4 nitrogen and oxygen atoms in total. The largest absolute Gasteiger partial charge is 0.478 e. The van der Waals surface area contributed by atoms with Crippen molar-refractivity contribution in [2.75, 3.05) is 12.4 Å². The molecule has 0 aliphatic heterocycles. The number of methoxy groups -OCH3 is 1. The molecule has 0 radical (unpaired) electrons. The summed E-state index contributed by atoms with van der Waals surface area (Å²) in [5.74, 6) is -1.39. The van der Waals surface area contributed by atoms with Crippen LogP contribution < -0.4 is 0 Å². The summed E-state index contributed by atoms with van der Waals surface area (Å²) in [5, 5.41) is 9.11. The zero-order valence-corrected chi connectivity index (χ0v) is 10.7. The standard InChI is InChI=1S/C12H11BrO4/c1-17-12(16)9-4-2-8(3-5-9)6-10(7-13)11(14)15/h2-6H,7H2,1H3,(H,14,15)/b10-6+. The smallest absolute Gasteiger partial charge is 0.337 e. The Kier molecular flexibility index (Phi) is 4.90. The van der Waals surface area contributed by atoms with Crippen LogP contribution in [0.5, 0.6) is 0 Å². The molecular formula is C12H11BrO4. The van der Waals surface area contributed by atoms with Crippen molar-refractivity contribution in [2.45, 2.75) is 0 Å². The summed E-state index contributed by atoms with van der Waals surface area (Å²) in [6.07, 6.45) is 1.54. The van der Waals surface area contributed by atoms with Gasteiger partial charge < -0.3 is 9.84 Å². The van der Waals surface area contributed by atoms with Gasteiger partial charge in [0.15, 0.2) is 0 Å². The van der Waals surface area contributed by atoms with Crippen molar-refractivity contribution >= 4 is 33.9 Å². The van der Waals surface area contributed by atoms with E-state index in [1.807, 2.05) is 0 Å². The Morgan fingerprint density at radius 3 is 2.35 bits per heavy atom. The van der Waals surface area contributed by atoms with E-state index in [1.165, 1.54) is 13.2 Å². The van der Waals surface area contributed by atoms with Crippen molar-refractivity contribution in [3.05, 3.63) is 41.0 Å². The monoisotopic (exact) mass is 298 g/mol. The quantitative estimate of drug-likeness (QED) is 0.526. The van der Waals surface area contributed by atoms with Crippen molar-refractivity contribution in [2.24, 2.45) is 0 Å². The van der Waals surface area contributed by atoms with E-state index in [9.17, 15) is 9.59 Å². The summed E-state index contributed by atoms with van der Waals surface area (Å²) < 4.78 is 4.56. The molecule has 5 heteroatoms. The predicted octanol–water partition coefficient (Wildman–Crippen LogP) is 2.34. The molecule has 0 atom stereocenters. The maximum Gasteiger partial charge on any atom is 0.337 e. The first kappa shape index (κ1) is 13.4. The molecule has 0 saturated carbocycles. The average Bonchev–Trinajstić information content (AvgIpc) is 2.35. The lowest BCUT2D eigenvalue weighted by molar-refractivity contribution is -0.132. The van der Waals surface area contributed by atoms with Crippen molar-refractivity contribution in [3.8, 4) is 0 Å². The van der Waals surface area contributed by atoms with E-state index >= 15 is 0 Å². The first-order chi connectivity index (χ1) is 8.08. The average molecular weight is 299 g/mol. The highest BCUT2D eigenvalue weighted by Crippen LogP contribution is 2.11. The van der Waals surface area contributed by atoms with Gasteiger partial charge in [0.05, 0.1) is 12.7 Å². The van der Waals surface area contributed by atoms with Crippen LogP contribution in [0.4, 0.5) is 0 Å². The highest BCUT2D eigenvalue weighted by Gasteiger charge is 2.06. The molecular weight excluding hydrogens is 288 g/mol. The molecule has 90 valence electrons. The van der Waals surface area contributed by atoms with Gasteiger partial charge in [0.25, 0.3) is 0 Å². The number of carboxylic acids is 1. The van der Waals surface area contributed by atoms with Crippen molar-refractivity contribution in [3.63, 3.8) is 0 Å². The molecule has 0 amide bonds.